The predicted octanol–water partition coefficient (Wildman–Crippen LogP) is 3.74. The van der Waals surface area contributed by atoms with Crippen LogP contribution in [0.25, 0.3) is 0 Å². The monoisotopic (exact) mass is 244 g/mol. The van der Waals surface area contributed by atoms with Gasteiger partial charge in [0.2, 0.25) is 0 Å². The number of benzene rings is 1. The molecule has 2 aliphatic rings. The highest BCUT2D eigenvalue weighted by Crippen LogP contribution is 2.46. The average molecular weight is 244 g/mol. The Hall–Kier alpha value is -1.18. The maximum atomic E-state index is 3.19. The van der Waals surface area contributed by atoms with Crippen molar-refractivity contribution in [2.24, 2.45) is 11.3 Å². The Morgan fingerprint density at radius 3 is 2.56 bits per heavy atom. The van der Waals surface area contributed by atoms with Gasteiger partial charge in [0.05, 0.1) is 0 Å². The Kier molecular flexibility index (Phi) is 2.76. The van der Waals surface area contributed by atoms with Gasteiger partial charge in [-0.25, -0.2) is 0 Å². The molecule has 2 atom stereocenters. The molecule has 98 valence electrons. The molecule has 0 aromatic heterocycles. The second-order valence-corrected chi connectivity index (χ2v) is 6.78. The third kappa shape index (κ3) is 2.09. The molecule has 2 fully saturated rings. The average Bonchev–Trinajstić information content (AvgIpc) is 2.64. The summed E-state index contributed by atoms with van der Waals surface area (Å²) < 4.78 is 0. The van der Waals surface area contributed by atoms with Crippen molar-refractivity contribution >= 4 is 11.4 Å². The Bertz CT molecular complexity index is 421. The third-order valence-corrected chi connectivity index (χ3v) is 4.62. The second kappa shape index (κ2) is 4.18. The van der Waals surface area contributed by atoms with E-state index in [1.165, 1.54) is 37.2 Å². The number of rotatable bonds is 2. The number of hydrogen-bond acceptors (Lipinski definition) is 2. The van der Waals surface area contributed by atoms with E-state index in [4.69, 9.17) is 0 Å². The Morgan fingerprint density at radius 1 is 1.17 bits per heavy atom. The Morgan fingerprint density at radius 2 is 1.89 bits per heavy atom. The first-order valence-corrected chi connectivity index (χ1v) is 7.12. The van der Waals surface area contributed by atoms with E-state index in [0.29, 0.717) is 5.41 Å². The molecule has 0 radical (unpaired) electrons. The summed E-state index contributed by atoms with van der Waals surface area (Å²) in [6.45, 7) is 6.12. The largest absolute Gasteiger partial charge is 0.388 e. The van der Waals surface area contributed by atoms with Crippen LogP contribution in [0.4, 0.5) is 11.4 Å². The molecule has 1 aromatic carbocycles. The van der Waals surface area contributed by atoms with Crippen LogP contribution in [0.15, 0.2) is 24.3 Å². The summed E-state index contributed by atoms with van der Waals surface area (Å²) in [4.78, 5) is 2.64. The van der Waals surface area contributed by atoms with Gasteiger partial charge in [0, 0.05) is 31.0 Å². The van der Waals surface area contributed by atoms with Gasteiger partial charge in [-0.05, 0) is 54.9 Å². The molecule has 1 aliphatic heterocycles. The summed E-state index contributed by atoms with van der Waals surface area (Å²) in [5, 5.41) is 3.19. The van der Waals surface area contributed by atoms with Gasteiger partial charge in [-0.3, -0.25) is 0 Å². The fraction of sp³-hybridized carbons (Fsp3) is 0.625. The van der Waals surface area contributed by atoms with E-state index in [-0.39, 0.29) is 0 Å². The van der Waals surface area contributed by atoms with Gasteiger partial charge in [0.25, 0.3) is 0 Å². The molecule has 0 unspecified atom stereocenters. The maximum absolute atomic E-state index is 3.19. The summed E-state index contributed by atoms with van der Waals surface area (Å²) in [6.07, 6.45) is 4.14. The standard InChI is InChI=1S/C16H24N2/c1-16(2)9-12-8-15(10-16)18(11-12)14-6-4-13(17-3)5-7-14/h4-7,12,15,17H,8-11H2,1-3H3/t12-,15+/m1/s1. The van der Waals surface area contributed by atoms with Crippen LogP contribution in [0.2, 0.25) is 0 Å². The van der Waals surface area contributed by atoms with Crippen LogP contribution in [0, 0.1) is 11.3 Å². The van der Waals surface area contributed by atoms with Gasteiger partial charge < -0.3 is 10.2 Å². The van der Waals surface area contributed by atoms with Gasteiger partial charge in [-0.2, -0.15) is 0 Å². The summed E-state index contributed by atoms with van der Waals surface area (Å²) in [5.41, 5.74) is 3.13. The zero-order valence-electron chi connectivity index (χ0n) is 11.7. The number of nitrogens with zero attached hydrogens (tertiary/aromatic N) is 1. The molecule has 1 heterocycles. The second-order valence-electron chi connectivity index (χ2n) is 6.78. The van der Waals surface area contributed by atoms with Crippen LogP contribution in [0.3, 0.4) is 0 Å². The number of nitrogens with one attached hydrogen (secondary N) is 1. The molecule has 1 aromatic rings. The molecule has 2 nitrogen and oxygen atoms in total. The molecule has 1 saturated heterocycles. The minimum Gasteiger partial charge on any atom is -0.388 e. The van der Waals surface area contributed by atoms with Crippen molar-refractivity contribution in [3.8, 4) is 0 Å². The minimum absolute atomic E-state index is 0.535. The van der Waals surface area contributed by atoms with E-state index < -0.39 is 0 Å². The van der Waals surface area contributed by atoms with Crippen LogP contribution in [-0.4, -0.2) is 19.6 Å². The van der Waals surface area contributed by atoms with Gasteiger partial charge in [0.15, 0.2) is 0 Å². The van der Waals surface area contributed by atoms with E-state index in [0.717, 1.165) is 12.0 Å². The smallest absolute Gasteiger partial charge is 0.0370 e. The molecular formula is C16H24N2. The Balaban J connectivity index is 1.81. The van der Waals surface area contributed by atoms with E-state index in [1.54, 1.807) is 0 Å². The van der Waals surface area contributed by atoms with Crippen molar-refractivity contribution in [1.29, 1.82) is 0 Å². The first-order chi connectivity index (χ1) is 8.57. The summed E-state index contributed by atoms with van der Waals surface area (Å²) in [6, 6.07) is 9.66. The number of hydrogen-bond donors (Lipinski definition) is 1. The van der Waals surface area contributed by atoms with Crippen LogP contribution in [0.1, 0.15) is 33.1 Å². The Labute approximate surface area is 110 Å². The summed E-state index contributed by atoms with van der Waals surface area (Å²) in [7, 11) is 1.97. The van der Waals surface area contributed by atoms with Gasteiger partial charge in [0.1, 0.15) is 0 Å². The van der Waals surface area contributed by atoms with Crippen molar-refractivity contribution < 1.29 is 0 Å². The zero-order chi connectivity index (χ0) is 12.8. The van der Waals surface area contributed by atoms with Crippen LogP contribution >= 0.6 is 0 Å². The molecule has 0 spiro atoms. The van der Waals surface area contributed by atoms with Crippen molar-refractivity contribution in [3.05, 3.63) is 24.3 Å². The van der Waals surface area contributed by atoms with E-state index in [2.05, 4.69) is 48.3 Å². The van der Waals surface area contributed by atoms with Crippen molar-refractivity contribution in [2.45, 2.75) is 39.2 Å². The lowest BCUT2D eigenvalue weighted by molar-refractivity contribution is 0.205. The fourth-order valence-corrected chi connectivity index (χ4v) is 3.99. The predicted molar refractivity (Wildman–Crippen MR) is 78.2 cm³/mol. The molecule has 0 amide bonds. The van der Waals surface area contributed by atoms with E-state index in [9.17, 15) is 0 Å². The third-order valence-electron chi connectivity index (χ3n) is 4.62. The maximum Gasteiger partial charge on any atom is 0.0370 e. The molecule has 2 bridgehead atoms. The van der Waals surface area contributed by atoms with E-state index >= 15 is 0 Å². The number of fused-ring (bicyclic) bond motifs is 2. The van der Waals surface area contributed by atoms with Crippen molar-refractivity contribution in [3.63, 3.8) is 0 Å². The summed E-state index contributed by atoms with van der Waals surface area (Å²) >= 11 is 0. The SMILES string of the molecule is CNc1ccc(N2C[C@@H]3C[C@H]2CC(C)(C)C3)cc1. The lowest BCUT2D eigenvalue weighted by atomic mass is 9.72. The topological polar surface area (TPSA) is 15.3 Å². The van der Waals surface area contributed by atoms with E-state index in [1.807, 2.05) is 7.05 Å². The van der Waals surface area contributed by atoms with Crippen LogP contribution in [0.5, 0.6) is 0 Å². The van der Waals surface area contributed by atoms with Crippen LogP contribution < -0.4 is 10.2 Å². The van der Waals surface area contributed by atoms with Gasteiger partial charge >= 0.3 is 0 Å². The highest BCUT2D eigenvalue weighted by molar-refractivity contribution is 5.56. The molecule has 18 heavy (non-hydrogen) atoms. The fourth-order valence-electron chi connectivity index (χ4n) is 3.99. The first-order valence-electron chi connectivity index (χ1n) is 7.12. The highest BCUT2D eigenvalue weighted by Gasteiger charge is 2.42. The quantitative estimate of drug-likeness (QED) is 0.852. The highest BCUT2D eigenvalue weighted by atomic mass is 15.2. The molecular weight excluding hydrogens is 220 g/mol. The normalized spacial score (nSPS) is 29.4. The summed E-state index contributed by atoms with van der Waals surface area (Å²) in [5.74, 6) is 0.905. The lowest BCUT2D eigenvalue weighted by Crippen LogP contribution is -2.33. The molecule has 1 saturated carbocycles. The minimum atomic E-state index is 0.535. The first kappa shape index (κ1) is 11.9. The zero-order valence-corrected chi connectivity index (χ0v) is 11.7. The van der Waals surface area contributed by atoms with Crippen LogP contribution in [-0.2, 0) is 0 Å². The molecule has 3 rings (SSSR count). The molecule has 1 aliphatic carbocycles. The molecule has 2 heteroatoms. The van der Waals surface area contributed by atoms with Gasteiger partial charge in [-0.15, -0.1) is 0 Å². The lowest BCUT2D eigenvalue weighted by Gasteiger charge is -2.35. The number of anilines is 2. The molecule has 1 N–H and O–H groups in total. The van der Waals surface area contributed by atoms with Gasteiger partial charge in [-0.1, -0.05) is 13.8 Å². The van der Waals surface area contributed by atoms with Crippen molar-refractivity contribution in [1.82, 2.24) is 0 Å². The van der Waals surface area contributed by atoms with Crippen molar-refractivity contribution in [2.75, 3.05) is 23.8 Å².